The number of esters is 1. The predicted molar refractivity (Wildman–Crippen MR) is 115 cm³/mol. The first-order valence-electron chi connectivity index (χ1n) is 9.61. The molecule has 29 heavy (non-hydrogen) atoms. The fraction of sp³-hybridized carbons (Fsp3) is 0.348. The smallest absolute Gasteiger partial charge is 0.338 e. The second-order valence-corrected chi connectivity index (χ2v) is 7.81. The van der Waals surface area contributed by atoms with Gasteiger partial charge in [-0.05, 0) is 55.5 Å². The lowest BCUT2D eigenvalue weighted by Crippen LogP contribution is -2.14. The van der Waals surface area contributed by atoms with E-state index in [0.29, 0.717) is 16.3 Å². The molecule has 3 rings (SSSR count). The molecule has 1 aliphatic carbocycles. The van der Waals surface area contributed by atoms with E-state index in [9.17, 15) is 10.1 Å². The number of hydrogen-bond acceptors (Lipinski definition) is 4. The van der Waals surface area contributed by atoms with Crippen LogP contribution in [0, 0.1) is 18.3 Å². The molecule has 2 aromatic rings. The molecule has 0 bridgehead atoms. The number of halogens is 1. The maximum Gasteiger partial charge on any atom is 0.338 e. The summed E-state index contributed by atoms with van der Waals surface area (Å²) in [7, 11) is 1.92. The molecular weight excluding hydrogens is 386 g/mol. The van der Waals surface area contributed by atoms with Gasteiger partial charge in [-0.25, -0.2) is 9.79 Å². The highest BCUT2D eigenvalue weighted by Crippen LogP contribution is 2.47. The number of aliphatic imine (C=N–C) groups is 1. The molecule has 2 aromatic carbocycles. The number of carbonyl (C=O) groups is 1. The summed E-state index contributed by atoms with van der Waals surface area (Å²) in [5, 5.41) is 9.68. The van der Waals surface area contributed by atoms with Crippen LogP contribution in [0.2, 0.25) is 5.02 Å². The van der Waals surface area contributed by atoms with Crippen LogP contribution in [0.5, 0.6) is 0 Å². The average molecular weight is 410 g/mol. The maximum absolute atomic E-state index is 12.5. The van der Waals surface area contributed by atoms with Crippen LogP contribution in [0.4, 0.5) is 5.69 Å². The van der Waals surface area contributed by atoms with Gasteiger partial charge in [0.2, 0.25) is 0 Å². The summed E-state index contributed by atoms with van der Waals surface area (Å²) in [6.45, 7) is 4.86. The minimum atomic E-state index is -0.426. The molecule has 0 saturated heterocycles. The SMILES string of the molecule is CCN(C)/C=N/c1cc(C)c(C(=O)OCc2ccc(C3(C#N)CC3)cc2)cc1Cl. The number of nitrogens with zero attached hydrogens (tertiary/aromatic N) is 3. The van der Waals surface area contributed by atoms with Crippen LogP contribution in [0.15, 0.2) is 41.4 Å². The van der Waals surface area contributed by atoms with E-state index in [1.807, 2.05) is 50.1 Å². The van der Waals surface area contributed by atoms with Gasteiger partial charge in [0.15, 0.2) is 0 Å². The lowest BCUT2D eigenvalue weighted by molar-refractivity contribution is 0.0472. The monoisotopic (exact) mass is 409 g/mol. The topological polar surface area (TPSA) is 65.7 Å². The summed E-state index contributed by atoms with van der Waals surface area (Å²) in [4.78, 5) is 18.8. The Kier molecular flexibility index (Phi) is 6.24. The van der Waals surface area contributed by atoms with Gasteiger partial charge in [0.25, 0.3) is 0 Å². The van der Waals surface area contributed by atoms with Gasteiger partial charge in [0.1, 0.15) is 6.61 Å². The van der Waals surface area contributed by atoms with Crippen molar-refractivity contribution in [2.75, 3.05) is 13.6 Å². The van der Waals surface area contributed by atoms with E-state index < -0.39 is 5.97 Å². The summed E-state index contributed by atoms with van der Waals surface area (Å²) in [6, 6.07) is 13.5. The van der Waals surface area contributed by atoms with E-state index in [0.717, 1.165) is 36.1 Å². The summed E-state index contributed by atoms with van der Waals surface area (Å²) in [6.07, 6.45) is 3.53. The van der Waals surface area contributed by atoms with Crippen LogP contribution < -0.4 is 0 Å². The molecule has 0 amide bonds. The fourth-order valence-corrected chi connectivity index (χ4v) is 3.18. The Labute approximate surface area is 176 Å². The average Bonchev–Trinajstić information content (AvgIpc) is 3.53. The van der Waals surface area contributed by atoms with Gasteiger partial charge in [0.05, 0.1) is 34.1 Å². The van der Waals surface area contributed by atoms with Crippen molar-refractivity contribution < 1.29 is 9.53 Å². The molecule has 0 aliphatic heterocycles. The Morgan fingerprint density at radius 1 is 1.34 bits per heavy atom. The van der Waals surface area contributed by atoms with E-state index in [-0.39, 0.29) is 12.0 Å². The van der Waals surface area contributed by atoms with E-state index in [1.165, 1.54) is 0 Å². The predicted octanol–water partition coefficient (Wildman–Crippen LogP) is 5.17. The van der Waals surface area contributed by atoms with Crippen molar-refractivity contribution in [1.82, 2.24) is 4.90 Å². The molecule has 1 saturated carbocycles. The molecule has 1 fully saturated rings. The number of benzene rings is 2. The first kappa shape index (κ1) is 20.9. The van der Waals surface area contributed by atoms with Crippen LogP contribution >= 0.6 is 11.6 Å². The molecule has 1 aliphatic rings. The molecule has 0 spiro atoms. The molecule has 5 nitrogen and oxygen atoms in total. The van der Waals surface area contributed by atoms with Crippen LogP contribution in [0.1, 0.15) is 46.8 Å². The third kappa shape index (κ3) is 4.78. The van der Waals surface area contributed by atoms with Crippen molar-refractivity contribution in [2.45, 2.75) is 38.7 Å². The van der Waals surface area contributed by atoms with E-state index in [4.69, 9.17) is 16.3 Å². The van der Waals surface area contributed by atoms with Gasteiger partial charge in [-0.1, -0.05) is 35.9 Å². The highest BCUT2D eigenvalue weighted by Gasteiger charge is 2.44. The number of rotatable bonds is 7. The number of hydrogen-bond donors (Lipinski definition) is 0. The zero-order valence-corrected chi connectivity index (χ0v) is 17.7. The van der Waals surface area contributed by atoms with E-state index >= 15 is 0 Å². The molecule has 6 heteroatoms. The third-order valence-electron chi connectivity index (χ3n) is 5.25. The van der Waals surface area contributed by atoms with E-state index in [2.05, 4.69) is 11.1 Å². The van der Waals surface area contributed by atoms with E-state index in [1.54, 1.807) is 18.5 Å². The second-order valence-electron chi connectivity index (χ2n) is 7.40. The quantitative estimate of drug-likeness (QED) is 0.359. The van der Waals surface area contributed by atoms with Crippen LogP contribution in [-0.4, -0.2) is 30.8 Å². The van der Waals surface area contributed by atoms with Gasteiger partial charge in [0, 0.05) is 13.6 Å². The first-order chi connectivity index (χ1) is 13.9. The first-order valence-corrected chi connectivity index (χ1v) is 9.98. The highest BCUT2D eigenvalue weighted by molar-refractivity contribution is 6.33. The zero-order chi connectivity index (χ0) is 21.0. The van der Waals surface area contributed by atoms with Crippen LogP contribution in [0.25, 0.3) is 0 Å². The number of ether oxygens (including phenoxy) is 1. The van der Waals surface area contributed by atoms with Crippen molar-refractivity contribution in [3.63, 3.8) is 0 Å². The van der Waals surface area contributed by atoms with Crippen LogP contribution in [0.3, 0.4) is 0 Å². The summed E-state index contributed by atoms with van der Waals surface area (Å²) in [5.74, 6) is -0.426. The molecule has 0 heterocycles. The van der Waals surface area contributed by atoms with Crippen molar-refractivity contribution in [2.24, 2.45) is 4.99 Å². The van der Waals surface area contributed by atoms with Crippen molar-refractivity contribution >= 4 is 29.6 Å². The number of carbonyl (C=O) groups excluding carboxylic acids is 1. The normalized spacial score (nSPS) is 14.4. The van der Waals surface area contributed by atoms with Gasteiger partial charge in [-0.3, -0.25) is 0 Å². The lowest BCUT2D eigenvalue weighted by Gasteiger charge is -2.11. The third-order valence-corrected chi connectivity index (χ3v) is 5.55. The largest absolute Gasteiger partial charge is 0.457 e. The molecule has 0 aromatic heterocycles. The molecule has 0 unspecified atom stereocenters. The Morgan fingerprint density at radius 3 is 2.62 bits per heavy atom. The van der Waals surface area contributed by atoms with Gasteiger partial charge < -0.3 is 9.64 Å². The summed E-state index contributed by atoms with van der Waals surface area (Å²) in [5.41, 5.74) is 3.40. The van der Waals surface area contributed by atoms with Gasteiger partial charge in [-0.15, -0.1) is 0 Å². The van der Waals surface area contributed by atoms with Crippen LogP contribution in [-0.2, 0) is 16.8 Å². The van der Waals surface area contributed by atoms with Crippen molar-refractivity contribution in [3.05, 3.63) is 63.7 Å². The molecular formula is C23H24ClN3O2. The minimum Gasteiger partial charge on any atom is -0.457 e. The fourth-order valence-electron chi connectivity index (χ4n) is 2.96. The van der Waals surface area contributed by atoms with Gasteiger partial charge in [-0.2, -0.15) is 5.26 Å². The second kappa shape index (κ2) is 8.67. The minimum absolute atomic E-state index is 0.164. The summed E-state index contributed by atoms with van der Waals surface area (Å²) >= 11 is 6.30. The molecule has 150 valence electrons. The molecule has 0 N–H and O–H groups in total. The highest BCUT2D eigenvalue weighted by atomic mass is 35.5. The van der Waals surface area contributed by atoms with Gasteiger partial charge >= 0.3 is 5.97 Å². The molecule has 0 atom stereocenters. The van der Waals surface area contributed by atoms with Crippen molar-refractivity contribution in [1.29, 1.82) is 5.26 Å². The summed E-state index contributed by atoms with van der Waals surface area (Å²) < 4.78 is 5.46. The Balaban J connectivity index is 1.65. The Bertz CT molecular complexity index is 973. The zero-order valence-electron chi connectivity index (χ0n) is 16.9. The lowest BCUT2D eigenvalue weighted by atomic mass is 9.97. The van der Waals surface area contributed by atoms with Crippen molar-refractivity contribution in [3.8, 4) is 6.07 Å². The maximum atomic E-state index is 12.5. The molecule has 0 radical (unpaired) electrons. The Morgan fingerprint density at radius 2 is 2.03 bits per heavy atom. The Hall–Kier alpha value is -2.84. The number of nitriles is 1. The standard InChI is InChI=1S/C23H24ClN3O2/c1-4-27(3)15-26-21-11-16(2)19(12-20(21)24)22(28)29-13-17-5-7-18(8-6-17)23(14-25)9-10-23/h5-8,11-12,15H,4,9-10,13H2,1-3H3/b26-15+. The number of aryl methyl sites for hydroxylation is 1.